The van der Waals surface area contributed by atoms with Gasteiger partial charge in [-0.1, -0.05) is 271 Å². The summed E-state index contributed by atoms with van der Waals surface area (Å²) < 4.78 is 16.9. The predicted octanol–water partition coefficient (Wildman–Crippen LogP) is 21.0. The minimum atomic E-state index is -0.794. The molecule has 0 saturated carbocycles. The summed E-state index contributed by atoms with van der Waals surface area (Å²) >= 11 is 0. The molecule has 0 aliphatic rings. The van der Waals surface area contributed by atoms with Gasteiger partial charge in [-0.05, 0) is 103 Å². The summed E-state index contributed by atoms with van der Waals surface area (Å²) in [4.78, 5) is 38.2. The Morgan fingerprint density at radius 2 is 0.527 bits per heavy atom. The number of ether oxygens (including phenoxy) is 3. The molecule has 6 heteroatoms. The van der Waals surface area contributed by atoms with E-state index in [4.69, 9.17) is 14.2 Å². The Labute approximate surface area is 457 Å². The zero-order valence-corrected chi connectivity index (χ0v) is 48.3. The first-order valence-electron chi connectivity index (χ1n) is 30.9. The molecule has 0 amide bonds. The number of rotatable bonds is 55. The smallest absolute Gasteiger partial charge is 0.306 e. The second-order valence-corrected chi connectivity index (χ2v) is 20.2. The molecule has 422 valence electrons. The van der Waals surface area contributed by atoms with E-state index in [1.807, 2.05) is 0 Å². The van der Waals surface area contributed by atoms with Crippen molar-refractivity contribution in [2.45, 2.75) is 290 Å². The minimum Gasteiger partial charge on any atom is -0.462 e. The van der Waals surface area contributed by atoms with Crippen molar-refractivity contribution < 1.29 is 28.6 Å². The zero-order valence-electron chi connectivity index (χ0n) is 48.3. The molecule has 1 unspecified atom stereocenters. The molecule has 0 aromatic carbocycles. The standard InChI is InChI=1S/C68H114O6/c1-4-7-10-13-16-19-22-25-27-29-30-31-32-33-34-35-36-37-38-39-41-43-46-49-52-55-58-61-67(70)73-64-65(63-72-66(69)60-57-54-51-48-45-42-24-21-18-15-12-9-6-3)74-68(71)62-59-56-53-50-47-44-40-28-26-23-20-17-14-11-8-5-2/h7,9-10,12,16,18-19,21,25,27,30-31,33-34,36-37,42,45,65H,4-6,8,11,13-15,17,20,22-24,26,28-29,32,35,38-41,43-44,46-64H2,1-3H3/b10-7-,12-9-,19-16-,21-18-,27-25-,31-30-,34-33-,37-36-,45-42-. The molecule has 0 rings (SSSR count). The third-order valence-corrected chi connectivity index (χ3v) is 13.0. The molecule has 0 aliphatic heterocycles. The molecular formula is C68H114O6. The molecule has 6 nitrogen and oxygen atoms in total. The van der Waals surface area contributed by atoms with Crippen molar-refractivity contribution in [1.29, 1.82) is 0 Å². The second-order valence-electron chi connectivity index (χ2n) is 20.2. The molecular weight excluding hydrogens is 913 g/mol. The average molecular weight is 1030 g/mol. The van der Waals surface area contributed by atoms with Crippen LogP contribution in [0.4, 0.5) is 0 Å². The normalized spacial score (nSPS) is 12.9. The fourth-order valence-corrected chi connectivity index (χ4v) is 8.46. The summed E-state index contributed by atoms with van der Waals surface area (Å²) in [6, 6.07) is 0. The van der Waals surface area contributed by atoms with Crippen LogP contribution in [0.5, 0.6) is 0 Å². The first kappa shape index (κ1) is 70.1. The lowest BCUT2D eigenvalue weighted by molar-refractivity contribution is -0.167. The van der Waals surface area contributed by atoms with Crippen molar-refractivity contribution >= 4 is 17.9 Å². The number of allylic oxidation sites excluding steroid dienone is 18. The number of esters is 3. The molecule has 0 N–H and O–H groups in total. The summed E-state index contributed by atoms with van der Waals surface area (Å²) in [6.45, 7) is 6.40. The lowest BCUT2D eigenvalue weighted by Gasteiger charge is -2.18. The van der Waals surface area contributed by atoms with Crippen LogP contribution in [0, 0.1) is 0 Å². The Morgan fingerprint density at radius 3 is 0.838 bits per heavy atom. The van der Waals surface area contributed by atoms with Gasteiger partial charge in [-0.15, -0.1) is 0 Å². The van der Waals surface area contributed by atoms with Gasteiger partial charge >= 0.3 is 17.9 Å². The molecule has 0 radical (unpaired) electrons. The molecule has 0 spiro atoms. The van der Waals surface area contributed by atoms with Gasteiger partial charge in [0, 0.05) is 19.3 Å². The SMILES string of the molecule is CC/C=C\C/C=C\C/C=C\C/C=C\C/C=C\C/C=C\CCCCCCCCCCC(=O)OCC(COC(=O)CCCCC/C=C\C/C=C\C/C=C\CC)OC(=O)CCCCCCCCCCCCCCCCCC. The third kappa shape index (κ3) is 59.0. The van der Waals surface area contributed by atoms with Gasteiger partial charge in [-0.3, -0.25) is 14.4 Å². The lowest BCUT2D eigenvalue weighted by Crippen LogP contribution is -2.30. The van der Waals surface area contributed by atoms with E-state index >= 15 is 0 Å². The van der Waals surface area contributed by atoms with E-state index in [0.717, 1.165) is 128 Å². The van der Waals surface area contributed by atoms with Crippen molar-refractivity contribution in [2.75, 3.05) is 13.2 Å². The number of unbranched alkanes of at least 4 members (excludes halogenated alkanes) is 26. The monoisotopic (exact) mass is 1030 g/mol. The highest BCUT2D eigenvalue weighted by atomic mass is 16.6. The van der Waals surface area contributed by atoms with Crippen molar-refractivity contribution in [3.05, 3.63) is 109 Å². The summed E-state index contributed by atoms with van der Waals surface area (Å²) in [6.07, 6.45) is 83.8. The molecule has 0 aromatic rings. The highest BCUT2D eigenvalue weighted by Crippen LogP contribution is 2.16. The fourth-order valence-electron chi connectivity index (χ4n) is 8.46. The van der Waals surface area contributed by atoms with Crippen LogP contribution < -0.4 is 0 Å². The minimum absolute atomic E-state index is 0.0909. The van der Waals surface area contributed by atoms with Crippen molar-refractivity contribution in [1.82, 2.24) is 0 Å². The van der Waals surface area contributed by atoms with E-state index in [-0.39, 0.29) is 31.1 Å². The van der Waals surface area contributed by atoms with Gasteiger partial charge in [0.1, 0.15) is 13.2 Å². The van der Waals surface area contributed by atoms with Crippen LogP contribution in [-0.2, 0) is 28.6 Å². The van der Waals surface area contributed by atoms with Crippen molar-refractivity contribution in [3.8, 4) is 0 Å². The zero-order chi connectivity index (χ0) is 53.6. The summed E-state index contributed by atoms with van der Waals surface area (Å²) in [5.74, 6) is -0.922. The summed E-state index contributed by atoms with van der Waals surface area (Å²) in [5, 5.41) is 0. The first-order valence-corrected chi connectivity index (χ1v) is 30.9. The van der Waals surface area contributed by atoms with Crippen LogP contribution in [0.25, 0.3) is 0 Å². The van der Waals surface area contributed by atoms with E-state index in [0.29, 0.717) is 19.3 Å². The van der Waals surface area contributed by atoms with Gasteiger partial charge in [-0.25, -0.2) is 0 Å². The van der Waals surface area contributed by atoms with Crippen molar-refractivity contribution in [3.63, 3.8) is 0 Å². The van der Waals surface area contributed by atoms with E-state index in [2.05, 4.69) is 130 Å². The Kier molecular flexibility index (Phi) is 58.3. The Bertz CT molecular complexity index is 1510. The molecule has 0 aromatic heterocycles. The summed E-state index contributed by atoms with van der Waals surface area (Å²) in [7, 11) is 0. The lowest BCUT2D eigenvalue weighted by atomic mass is 10.0. The third-order valence-electron chi connectivity index (χ3n) is 13.0. The van der Waals surface area contributed by atoms with E-state index in [9.17, 15) is 14.4 Å². The highest BCUT2D eigenvalue weighted by molar-refractivity contribution is 5.71. The maximum atomic E-state index is 12.9. The fraction of sp³-hybridized carbons (Fsp3) is 0.691. The van der Waals surface area contributed by atoms with Crippen LogP contribution in [0.15, 0.2) is 109 Å². The van der Waals surface area contributed by atoms with Gasteiger partial charge < -0.3 is 14.2 Å². The molecule has 1 atom stereocenters. The molecule has 0 bridgehead atoms. The maximum absolute atomic E-state index is 12.9. The molecule has 74 heavy (non-hydrogen) atoms. The van der Waals surface area contributed by atoms with Gasteiger partial charge in [0.25, 0.3) is 0 Å². The number of hydrogen-bond donors (Lipinski definition) is 0. The predicted molar refractivity (Wildman–Crippen MR) is 320 cm³/mol. The van der Waals surface area contributed by atoms with Gasteiger partial charge in [-0.2, -0.15) is 0 Å². The quantitative estimate of drug-likeness (QED) is 0.0261. The summed E-state index contributed by atoms with van der Waals surface area (Å²) in [5.41, 5.74) is 0. The van der Waals surface area contributed by atoms with Crippen LogP contribution >= 0.6 is 0 Å². The van der Waals surface area contributed by atoms with E-state index in [1.165, 1.54) is 116 Å². The largest absolute Gasteiger partial charge is 0.462 e. The average Bonchev–Trinajstić information content (AvgIpc) is 3.40. The molecule has 0 heterocycles. The number of hydrogen-bond acceptors (Lipinski definition) is 6. The molecule has 0 saturated heterocycles. The highest BCUT2D eigenvalue weighted by Gasteiger charge is 2.19. The van der Waals surface area contributed by atoms with Crippen LogP contribution in [0.3, 0.4) is 0 Å². The molecule has 0 fully saturated rings. The number of carbonyl (C=O) groups excluding carboxylic acids is 3. The topological polar surface area (TPSA) is 78.9 Å². The van der Waals surface area contributed by atoms with Crippen LogP contribution in [0.1, 0.15) is 284 Å². The maximum Gasteiger partial charge on any atom is 0.306 e. The van der Waals surface area contributed by atoms with Gasteiger partial charge in [0.2, 0.25) is 0 Å². The Balaban J connectivity index is 4.34. The first-order chi connectivity index (χ1) is 36.5. The van der Waals surface area contributed by atoms with E-state index < -0.39 is 6.10 Å². The van der Waals surface area contributed by atoms with Crippen molar-refractivity contribution in [2.24, 2.45) is 0 Å². The van der Waals surface area contributed by atoms with Crippen LogP contribution in [0.2, 0.25) is 0 Å². The Hall–Kier alpha value is -3.93. The van der Waals surface area contributed by atoms with Gasteiger partial charge in [0.05, 0.1) is 0 Å². The van der Waals surface area contributed by atoms with Gasteiger partial charge in [0.15, 0.2) is 6.10 Å². The second kappa shape index (κ2) is 61.6. The van der Waals surface area contributed by atoms with Crippen LogP contribution in [-0.4, -0.2) is 37.2 Å². The molecule has 0 aliphatic carbocycles. The Morgan fingerprint density at radius 1 is 0.284 bits per heavy atom. The number of carbonyl (C=O) groups is 3. The van der Waals surface area contributed by atoms with E-state index in [1.54, 1.807) is 0 Å².